The van der Waals surface area contributed by atoms with Crippen LogP contribution >= 0.6 is 11.6 Å². The van der Waals surface area contributed by atoms with E-state index < -0.39 is 10.0 Å². The van der Waals surface area contributed by atoms with Gasteiger partial charge in [0.05, 0.1) is 4.90 Å². The van der Waals surface area contributed by atoms with Crippen molar-refractivity contribution in [3.8, 4) is 11.1 Å². The highest BCUT2D eigenvalue weighted by Crippen LogP contribution is 2.34. The number of halogens is 1. The average Bonchev–Trinajstić information content (AvgIpc) is 2.82. The molecule has 0 heterocycles. The molecule has 0 aliphatic carbocycles. The molecule has 0 amide bonds. The maximum Gasteiger partial charge on any atom is 0.241 e. The SMILES string of the molecule is CN(C)CCC(NS(=O)(=O)c1ccccc1-c1cccc2ccccc12)c1ccc(Cl)cc1. The summed E-state index contributed by atoms with van der Waals surface area (Å²) in [5.74, 6) is 0. The van der Waals surface area contributed by atoms with E-state index >= 15 is 0 Å². The van der Waals surface area contributed by atoms with Crippen molar-refractivity contribution in [3.05, 3.63) is 102 Å². The van der Waals surface area contributed by atoms with E-state index in [0.29, 0.717) is 17.0 Å². The molecule has 0 radical (unpaired) electrons. The van der Waals surface area contributed by atoms with Gasteiger partial charge in [-0.2, -0.15) is 0 Å². The van der Waals surface area contributed by atoms with Gasteiger partial charge in [0.1, 0.15) is 0 Å². The maximum atomic E-state index is 13.7. The summed E-state index contributed by atoms with van der Waals surface area (Å²) >= 11 is 6.06. The molecule has 0 saturated carbocycles. The summed E-state index contributed by atoms with van der Waals surface area (Å²) in [4.78, 5) is 2.31. The maximum absolute atomic E-state index is 13.7. The Morgan fingerprint density at radius 2 is 1.45 bits per heavy atom. The minimum absolute atomic E-state index is 0.269. The lowest BCUT2D eigenvalue weighted by Gasteiger charge is -2.22. The molecule has 4 rings (SSSR count). The zero-order valence-corrected chi connectivity index (χ0v) is 20.3. The van der Waals surface area contributed by atoms with Crippen molar-refractivity contribution in [1.82, 2.24) is 9.62 Å². The smallest absolute Gasteiger partial charge is 0.241 e. The van der Waals surface area contributed by atoms with Crippen molar-refractivity contribution in [2.24, 2.45) is 0 Å². The molecule has 33 heavy (non-hydrogen) atoms. The van der Waals surface area contributed by atoms with Gasteiger partial charge < -0.3 is 4.90 Å². The lowest BCUT2D eigenvalue weighted by Crippen LogP contribution is -2.31. The van der Waals surface area contributed by atoms with Gasteiger partial charge in [0, 0.05) is 16.6 Å². The quantitative estimate of drug-likeness (QED) is 0.331. The predicted octanol–water partition coefficient (Wildman–Crippen LogP) is 6.13. The molecule has 0 spiro atoms. The van der Waals surface area contributed by atoms with Crippen LogP contribution in [0.4, 0.5) is 0 Å². The van der Waals surface area contributed by atoms with Crippen LogP contribution in [-0.2, 0) is 10.0 Å². The summed E-state index contributed by atoms with van der Waals surface area (Å²) in [7, 11) is 0.136. The molecular weight excluding hydrogens is 452 g/mol. The van der Waals surface area contributed by atoms with Gasteiger partial charge in [0.25, 0.3) is 0 Å². The summed E-state index contributed by atoms with van der Waals surface area (Å²) in [6, 6.07) is 28.1. The van der Waals surface area contributed by atoms with Crippen molar-refractivity contribution < 1.29 is 8.42 Å². The standard InChI is InChI=1S/C27H27ClN2O2S/c1-30(2)19-18-26(21-14-16-22(28)17-15-21)29-33(31,32)27-13-6-5-11-25(27)24-12-7-9-20-8-3-4-10-23(20)24/h3-17,26,29H,18-19H2,1-2H3. The number of hydrogen-bond acceptors (Lipinski definition) is 3. The number of hydrogen-bond donors (Lipinski definition) is 1. The molecule has 1 unspecified atom stereocenters. The number of benzene rings is 4. The highest BCUT2D eigenvalue weighted by Gasteiger charge is 2.25. The van der Waals surface area contributed by atoms with Gasteiger partial charge in [-0.3, -0.25) is 0 Å². The molecule has 0 aliphatic rings. The van der Waals surface area contributed by atoms with Crippen molar-refractivity contribution in [2.45, 2.75) is 17.4 Å². The van der Waals surface area contributed by atoms with Gasteiger partial charge in [-0.05, 0) is 67.2 Å². The molecule has 0 fully saturated rings. The largest absolute Gasteiger partial charge is 0.309 e. The molecular formula is C27H27ClN2O2S. The van der Waals surface area contributed by atoms with Crippen LogP contribution in [0.25, 0.3) is 21.9 Å². The molecule has 0 bridgehead atoms. The fraction of sp³-hybridized carbons (Fsp3) is 0.185. The average molecular weight is 479 g/mol. The molecule has 0 aliphatic heterocycles. The normalized spacial score (nSPS) is 12.8. The van der Waals surface area contributed by atoms with Crippen LogP contribution < -0.4 is 4.72 Å². The first-order chi connectivity index (χ1) is 15.8. The van der Waals surface area contributed by atoms with Crippen molar-refractivity contribution >= 4 is 32.4 Å². The van der Waals surface area contributed by atoms with Crippen molar-refractivity contribution in [3.63, 3.8) is 0 Å². The Morgan fingerprint density at radius 3 is 2.21 bits per heavy atom. The number of nitrogens with one attached hydrogen (secondary N) is 1. The first-order valence-corrected chi connectivity index (χ1v) is 12.7. The summed E-state index contributed by atoms with van der Waals surface area (Å²) in [6.45, 7) is 0.737. The zero-order chi connectivity index (χ0) is 23.4. The molecule has 170 valence electrons. The van der Waals surface area contributed by atoms with Gasteiger partial charge in [0.15, 0.2) is 0 Å². The van der Waals surface area contributed by atoms with Gasteiger partial charge in [-0.1, -0.05) is 84.4 Å². The zero-order valence-electron chi connectivity index (χ0n) is 18.7. The number of fused-ring (bicyclic) bond motifs is 1. The number of sulfonamides is 1. The Balaban J connectivity index is 1.76. The van der Waals surface area contributed by atoms with Crippen LogP contribution in [0.3, 0.4) is 0 Å². The first-order valence-electron chi connectivity index (χ1n) is 10.8. The Labute approximate surface area is 200 Å². The van der Waals surface area contributed by atoms with Crippen LogP contribution in [0.5, 0.6) is 0 Å². The molecule has 1 atom stereocenters. The second-order valence-electron chi connectivity index (χ2n) is 8.34. The van der Waals surface area contributed by atoms with Crippen LogP contribution in [0.2, 0.25) is 5.02 Å². The third-order valence-electron chi connectivity index (χ3n) is 5.69. The fourth-order valence-corrected chi connectivity index (χ4v) is 5.62. The minimum atomic E-state index is -3.81. The number of rotatable bonds is 8. The summed E-state index contributed by atoms with van der Waals surface area (Å²) in [6.07, 6.45) is 0.629. The van der Waals surface area contributed by atoms with E-state index in [1.54, 1.807) is 24.3 Å². The first kappa shape index (κ1) is 23.5. The third-order valence-corrected chi connectivity index (χ3v) is 7.47. The van der Waals surface area contributed by atoms with Crippen LogP contribution in [0, 0.1) is 0 Å². The van der Waals surface area contributed by atoms with Gasteiger partial charge in [0.2, 0.25) is 10.0 Å². The van der Waals surface area contributed by atoms with E-state index in [0.717, 1.165) is 28.4 Å². The lowest BCUT2D eigenvalue weighted by molar-refractivity contribution is 0.375. The van der Waals surface area contributed by atoms with Crippen molar-refractivity contribution in [1.29, 1.82) is 0 Å². The van der Waals surface area contributed by atoms with E-state index in [2.05, 4.69) is 4.72 Å². The van der Waals surface area contributed by atoms with E-state index in [1.165, 1.54) is 0 Å². The molecule has 6 heteroatoms. The summed E-state index contributed by atoms with van der Waals surface area (Å²) in [5, 5.41) is 2.71. The topological polar surface area (TPSA) is 49.4 Å². The molecule has 0 aromatic heterocycles. The highest BCUT2D eigenvalue weighted by molar-refractivity contribution is 7.89. The second-order valence-corrected chi connectivity index (χ2v) is 10.5. The fourth-order valence-electron chi connectivity index (χ4n) is 4.01. The molecule has 4 nitrogen and oxygen atoms in total. The number of nitrogens with zero attached hydrogens (tertiary/aromatic N) is 1. The molecule has 4 aromatic rings. The molecule has 4 aromatic carbocycles. The van der Waals surface area contributed by atoms with Gasteiger partial charge in [-0.25, -0.2) is 13.1 Å². The van der Waals surface area contributed by atoms with Gasteiger partial charge >= 0.3 is 0 Å². The molecule has 0 saturated heterocycles. The molecule has 1 N–H and O–H groups in total. The monoisotopic (exact) mass is 478 g/mol. The van der Waals surface area contributed by atoms with Crippen molar-refractivity contribution in [2.75, 3.05) is 20.6 Å². The second kappa shape index (κ2) is 10.1. The van der Waals surface area contributed by atoms with E-state index in [4.69, 9.17) is 11.6 Å². The van der Waals surface area contributed by atoms with Crippen LogP contribution in [-0.4, -0.2) is 34.0 Å². The Kier molecular flexibility index (Phi) is 7.15. The van der Waals surface area contributed by atoms with Crippen LogP contribution in [0.1, 0.15) is 18.0 Å². The minimum Gasteiger partial charge on any atom is -0.309 e. The van der Waals surface area contributed by atoms with Crippen LogP contribution in [0.15, 0.2) is 95.9 Å². The predicted molar refractivity (Wildman–Crippen MR) is 137 cm³/mol. The highest BCUT2D eigenvalue weighted by atomic mass is 35.5. The van der Waals surface area contributed by atoms with E-state index in [-0.39, 0.29) is 10.9 Å². The summed E-state index contributed by atoms with van der Waals surface area (Å²) in [5.41, 5.74) is 2.46. The lowest BCUT2D eigenvalue weighted by atomic mass is 9.98. The third kappa shape index (κ3) is 5.45. The van der Waals surface area contributed by atoms with E-state index in [1.807, 2.05) is 85.7 Å². The Hall–Kier alpha value is -2.70. The van der Waals surface area contributed by atoms with Gasteiger partial charge in [-0.15, -0.1) is 0 Å². The summed E-state index contributed by atoms with van der Waals surface area (Å²) < 4.78 is 30.4. The van der Waals surface area contributed by atoms with E-state index in [9.17, 15) is 8.42 Å². The Bertz CT molecular complexity index is 1350. The Morgan fingerprint density at radius 1 is 0.818 bits per heavy atom.